The Morgan fingerprint density at radius 2 is 1.58 bits per heavy atom. The Bertz CT molecular complexity index is 940. The predicted molar refractivity (Wildman–Crippen MR) is 105 cm³/mol. The molecule has 0 aliphatic rings. The molecule has 0 aliphatic carbocycles. The van der Waals surface area contributed by atoms with Crippen molar-refractivity contribution in [2.75, 3.05) is 10.6 Å². The van der Waals surface area contributed by atoms with Gasteiger partial charge >= 0.3 is 0 Å². The fraction of sp³-hybridized carbons (Fsp3) is 0.238. The molecule has 3 aromatic rings. The van der Waals surface area contributed by atoms with E-state index in [0.717, 1.165) is 22.2 Å². The molecule has 3 rings (SSSR count). The fourth-order valence-corrected chi connectivity index (χ4v) is 2.85. The topological polar surface area (TPSA) is 74.0 Å². The lowest BCUT2D eigenvalue weighted by molar-refractivity contribution is -0.119. The van der Waals surface area contributed by atoms with Gasteiger partial charge in [-0.2, -0.15) is 0 Å². The number of carbonyl (C=O) groups excluding carboxylic acids is 2. The van der Waals surface area contributed by atoms with Crippen LogP contribution in [-0.4, -0.2) is 16.8 Å². The molecule has 0 spiro atoms. The molecular weight excluding hydrogens is 326 g/mol. The minimum atomic E-state index is -0.0752. The van der Waals surface area contributed by atoms with Crippen LogP contribution in [0.5, 0.6) is 0 Å². The van der Waals surface area contributed by atoms with Crippen LogP contribution in [0.3, 0.4) is 0 Å². The van der Waals surface area contributed by atoms with Gasteiger partial charge in [-0.15, -0.1) is 0 Å². The van der Waals surface area contributed by atoms with Crippen molar-refractivity contribution in [2.24, 2.45) is 5.92 Å². The third kappa shape index (κ3) is 3.94. The van der Waals surface area contributed by atoms with E-state index in [4.69, 9.17) is 0 Å². The number of carbonyl (C=O) groups is 2. The van der Waals surface area contributed by atoms with Crippen molar-refractivity contribution >= 4 is 34.1 Å². The van der Waals surface area contributed by atoms with E-state index in [-0.39, 0.29) is 17.7 Å². The smallest absolute Gasteiger partial charge is 0.228 e. The van der Waals surface area contributed by atoms with Gasteiger partial charge in [0.05, 0.1) is 6.42 Å². The molecule has 1 aromatic heterocycles. The van der Waals surface area contributed by atoms with Gasteiger partial charge in [-0.25, -0.2) is 0 Å². The van der Waals surface area contributed by atoms with Gasteiger partial charge in [-0.05, 0) is 42.8 Å². The molecule has 0 saturated heterocycles. The van der Waals surface area contributed by atoms with E-state index in [9.17, 15) is 9.59 Å². The summed E-state index contributed by atoms with van der Waals surface area (Å²) in [6.07, 6.45) is 0.307. The predicted octanol–water partition coefficient (Wildman–Crippen LogP) is 4.25. The molecule has 0 atom stereocenters. The first-order chi connectivity index (χ1) is 12.4. The molecule has 0 unspecified atom stereocenters. The van der Waals surface area contributed by atoms with Crippen LogP contribution in [0, 0.1) is 12.8 Å². The lowest BCUT2D eigenvalue weighted by Gasteiger charge is -2.09. The Morgan fingerprint density at radius 3 is 2.23 bits per heavy atom. The van der Waals surface area contributed by atoms with E-state index in [1.807, 2.05) is 45.0 Å². The van der Waals surface area contributed by atoms with Crippen molar-refractivity contribution in [3.63, 3.8) is 0 Å². The quantitative estimate of drug-likeness (QED) is 0.644. The standard InChI is InChI=1S/C21H23N3O2/c1-13(2)21(26)24-16-10-8-15(9-11-16)23-20(25)12-18-14(3)22-19-7-5-4-6-17(18)19/h4-11,13,22H,12H2,1-3H3,(H,23,25)(H,24,26). The van der Waals surface area contributed by atoms with Gasteiger partial charge in [0.1, 0.15) is 0 Å². The first kappa shape index (κ1) is 17.7. The summed E-state index contributed by atoms with van der Waals surface area (Å²) in [5.74, 6) is -0.179. The Morgan fingerprint density at radius 1 is 0.962 bits per heavy atom. The molecule has 3 N–H and O–H groups in total. The number of fused-ring (bicyclic) bond motifs is 1. The summed E-state index contributed by atoms with van der Waals surface area (Å²) in [6.45, 7) is 5.67. The number of aryl methyl sites for hydroxylation is 1. The number of H-pyrrole nitrogens is 1. The SMILES string of the molecule is Cc1[nH]c2ccccc2c1CC(=O)Nc1ccc(NC(=O)C(C)C)cc1. The van der Waals surface area contributed by atoms with Gasteiger partial charge in [-0.1, -0.05) is 32.0 Å². The van der Waals surface area contributed by atoms with E-state index >= 15 is 0 Å². The average Bonchev–Trinajstić information content (AvgIpc) is 2.92. The highest BCUT2D eigenvalue weighted by Crippen LogP contribution is 2.23. The van der Waals surface area contributed by atoms with Crippen molar-refractivity contribution in [1.29, 1.82) is 0 Å². The molecular formula is C21H23N3O2. The summed E-state index contributed by atoms with van der Waals surface area (Å²) in [5, 5.41) is 6.82. The highest BCUT2D eigenvalue weighted by molar-refractivity contribution is 5.97. The maximum Gasteiger partial charge on any atom is 0.228 e. The second kappa shape index (κ2) is 7.44. The number of benzene rings is 2. The van der Waals surface area contributed by atoms with E-state index < -0.39 is 0 Å². The molecule has 2 amide bonds. The molecule has 2 aromatic carbocycles. The monoisotopic (exact) mass is 349 g/mol. The number of nitrogens with one attached hydrogen (secondary N) is 3. The van der Waals surface area contributed by atoms with Gasteiger partial charge in [0.25, 0.3) is 0 Å². The van der Waals surface area contributed by atoms with Gasteiger partial charge in [-0.3, -0.25) is 9.59 Å². The van der Waals surface area contributed by atoms with Gasteiger partial charge in [0.2, 0.25) is 11.8 Å². The number of hydrogen-bond donors (Lipinski definition) is 3. The first-order valence-electron chi connectivity index (χ1n) is 8.71. The highest BCUT2D eigenvalue weighted by Gasteiger charge is 2.12. The molecule has 134 valence electrons. The van der Waals surface area contributed by atoms with Crippen LogP contribution in [-0.2, 0) is 16.0 Å². The summed E-state index contributed by atoms with van der Waals surface area (Å²) in [4.78, 5) is 27.5. The Hall–Kier alpha value is -3.08. The van der Waals surface area contributed by atoms with Crippen LogP contribution in [0.2, 0.25) is 0 Å². The van der Waals surface area contributed by atoms with Gasteiger partial charge in [0.15, 0.2) is 0 Å². The molecule has 26 heavy (non-hydrogen) atoms. The highest BCUT2D eigenvalue weighted by atomic mass is 16.2. The molecule has 0 bridgehead atoms. The zero-order valence-electron chi connectivity index (χ0n) is 15.2. The Kier molecular flexibility index (Phi) is 5.07. The summed E-state index contributed by atoms with van der Waals surface area (Å²) < 4.78 is 0. The second-order valence-corrected chi connectivity index (χ2v) is 6.72. The number of aromatic nitrogens is 1. The molecule has 1 heterocycles. The van der Waals surface area contributed by atoms with Gasteiger partial charge in [0, 0.05) is 33.9 Å². The summed E-state index contributed by atoms with van der Waals surface area (Å²) in [7, 11) is 0. The van der Waals surface area contributed by atoms with Crippen molar-refractivity contribution in [3.8, 4) is 0 Å². The maximum absolute atomic E-state index is 12.4. The minimum absolute atomic E-state index is 0.0309. The number of para-hydroxylation sites is 1. The third-order valence-corrected chi connectivity index (χ3v) is 4.32. The minimum Gasteiger partial charge on any atom is -0.358 e. The van der Waals surface area contributed by atoms with Crippen molar-refractivity contribution in [2.45, 2.75) is 27.2 Å². The summed E-state index contributed by atoms with van der Waals surface area (Å²) in [6, 6.07) is 15.1. The first-order valence-corrected chi connectivity index (χ1v) is 8.71. The Labute approximate surface area is 152 Å². The van der Waals surface area contributed by atoms with Crippen molar-refractivity contribution < 1.29 is 9.59 Å². The lowest BCUT2D eigenvalue weighted by Crippen LogP contribution is -2.18. The zero-order chi connectivity index (χ0) is 18.7. The summed E-state index contributed by atoms with van der Waals surface area (Å²) in [5.41, 5.74) is 4.48. The van der Waals surface area contributed by atoms with Crippen LogP contribution in [0.15, 0.2) is 48.5 Å². The number of amides is 2. The number of anilines is 2. The molecule has 0 fully saturated rings. The molecule has 5 nitrogen and oxygen atoms in total. The largest absolute Gasteiger partial charge is 0.358 e. The molecule has 0 aliphatic heterocycles. The summed E-state index contributed by atoms with van der Waals surface area (Å²) >= 11 is 0. The normalized spacial score (nSPS) is 10.9. The second-order valence-electron chi connectivity index (χ2n) is 6.72. The molecule has 0 saturated carbocycles. The van der Waals surface area contributed by atoms with Crippen molar-refractivity contribution in [3.05, 3.63) is 59.8 Å². The zero-order valence-corrected chi connectivity index (χ0v) is 15.2. The van der Waals surface area contributed by atoms with E-state index in [1.54, 1.807) is 24.3 Å². The van der Waals surface area contributed by atoms with Crippen LogP contribution >= 0.6 is 0 Å². The van der Waals surface area contributed by atoms with Crippen LogP contribution in [0.4, 0.5) is 11.4 Å². The molecule has 5 heteroatoms. The Balaban J connectivity index is 1.66. The number of rotatable bonds is 5. The van der Waals surface area contributed by atoms with Gasteiger partial charge < -0.3 is 15.6 Å². The van der Waals surface area contributed by atoms with E-state index in [2.05, 4.69) is 15.6 Å². The fourth-order valence-electron chi connectivity index (χ4n) is 2.85. The number of hydrogen-bond acceptors (Lipinski definition) is 2. The maximum atomic E-state index is 12.4. The third-order valence-electron chi connectivity index (χ3n) is 4.32. The molecule has 0 radical (unpaired) electrons. The van der Waals surface area contributed by atoms with E-state index in [1.165, 1.54) is 0 Å². The average molecular weight is 349 g/mol. The van der Waals surface area contributed by atoms with Crippen LogP contribution < -0.4 is 10.6 Å². The number of aromatic amines is 1. The van der Waals surface area contributed by atoms with Crippen LogP contribution in [0.25, 0.3) is 10.9 Å². The lowest BCUT2D eigenvalue weighted by atomic mass is 10.1. The van der Waals surface area contributed by atoms with E-state index in [0.29, 0.717) is 17.8 Å². The van der Waals surface area contributed by atoms with Crippen molar-refractivity contribution in [1.82, 2.24) is 4.98 Å². The van der Waals surface area contributed by atoms with Crippen LogP contribution in [0.1, 0.15) is 25.1 Å².